The molecule has 0 aliphatic heterocycles. The van der Waals surface area contributed by atoms with Crippen LogP contribution in [0, 0.1) is 0 Å². The van der Waals surface area contributed by atoms with Crippen molar-refractivity contribution in [1.29, 1.82) is 0 Å². The van der Waals surface area contributed by atoms with Gasteiger partial charge < -0.3 is 11.5 Å². The normalized spacial score (nSPS) is 22.7. The molecule has 4 N–H and O–H groups in total. The Kier molecular flexibility index (Phi) is 3.14. The van der Waals surface area contributed by atoms with Crippen LogP contribution >= 0.6 is 0 Å². The second kappa shape index (κ2) is 4.47. The van der Waals surface area contributed by atoms with Gasteiger partial charge in [-0.05, 0) is 12.8 Å². The van der Waals surface area contributed by atoms with E-state index in [9.17, 15) is 13.6 Å². The minimum atomic E-state index is -2.68. The number of halogens is 2. The highest BCUT2D eigenvalue weighted by Gasteiger charge is 2.38. The number of carbonyl (C=O) groups excluding carboxylic acids is 1. The van der Waals surface area contributed by atoms with Crippen LogP contribution in [0.2, 0.25) is 0 Å². The first-order valence-corrected chi connectivity index (χ1v) is 5.69. The number of hydrogen-bond donors (Lipinski definition) is 2. The lowest BCUT2D eigenvalue weighted by Gasteiger charge is -2.27. The van der Waals surface area contributed by atoms with Crippen LogP contribution < -0.4 is 11.5 Å². The van der Waals surface area contributed by atoms with Crippen molar-refractivity contribution in [2.45, 2.75) is 37.5 Å². The fourth-order valence-corrected chi connectivity index (χ4v) is 2.19. The first-order chi connectivity index (χ1) is 8.39. The molecule has 1 saturated carbocycles. The third kappa shape index (κ3) is 2.55. The van der Waals surface area contributed by atoms with Crippen LogP contribution in [0.25, 0.3) is 0 Å². The molecule has 0 aromatic carbocycles. The van der Waals surface area contributed by atoms with Gasteiger partial charge in [0.2, 0.25) is 5.92 Å². The summed E-state index contributed by atoms with van der Waals surface area (Å²) in [4.78, 5) is 18.8. The molecule has 1 aromatic rings. The van der Waals surface area contributed by atoms with Gasteiger partial charge in [-0.2, -0.15) is 0 Å². The van der Waals surface area contributed by atoms with Gasteiger partial charge in [-0.25, -0.2) is 18.7 Å². The number of nitrogens with two attached hydrogens (primary N) is 2. The van der Waals surface area contributed by atoms with Gasteiger partial charge in [0.05, 0.1) is 5.56 Å². The Labute approximate surface area is 103 Å². The van der Waals surface area contributed by atoms with Gasteiger partial charge in [0.15, 0.2) is 0 Å². The molecule has 1 aliphatic carbocycles. The van der Waals surface area contributed by atoms with E-state index >= 15 is 0 Å². The molecule has 2 rings (SSSR count). The van der Waals surface area contributed by atoms with E-state index in [1.54, 1.807) is 0 Å². The van der Waals surface area contributed by atoms with Gasteiger partial charge in [0, 0.05) is 25.0 Å². The molecule has 1 aliphatic rings. The number of carbonyl (C=O) groups is 1. The van der Waals surface area contributed by atoms with E-state index in [0.29, 0.717) is 12.8 Å². The van der Waals surface area contributed by atoms with E-state index in [2.05, 4.69) is 9.97 Å². The summed E-state index contributed by atoms with van der Waals surface area (Å²) in [5.74, 6) is -3.62. The van der Waals surface area contributed by atoms with Crippen molar-refractivity contribution in [1.82, 2.24) is 9.97 Å². The molecule has 0 bridgehead atoms. The molecule has 7 heteroatoms. The SMILES string of the molecule is NC(=O)c1cnc(C2CCCC(F)(F)C2)nc1N. The predicted octanol–water partition coefficient (Wildman–Crippen LogP) is 1.45. The number of amides is 1. The molecule has 5 nitrogen and oxygen atoms in total. The van der Waals surface area contributed by atoms with Crippen LogP contribution in [-0.4, -0.2) is 21.8 Å². The molecular weight excluding hydrogens is 242 g/mol. The van der Waals surface area contributed by atoms with E-state index in [0.717, 1.165) is 0 Å². The topological polar surface area (TPSA) is 94.9 Å². The number of nitrogens with zero attached hydrogens (tertiary/aromatic N) is 2. The molecule has 1 fully saturated rings. The monoisotopic (exact) mass is 256 g/mol. The van der Waals surface area contributed by atoms with Crippen molar-refractivity contribution in [3.8, 4) is 0 Å². The molecule has 18 heavy (non-hydrogen) atoms. The number of primary amides is 1. The predicted molar refractivity (Wildman–Crippen MR) is 61.1 cm³/mol. The van der Waals surface area contributed by atoms with E-state index in [1.165, 1.54) is 6.20 Å². The minimum Gasteiger partial charge on any atom is -0.383 e. The maximum atomic E-state index is 13.3. The third-order valence-corrected chi connectivity index (χ3v) is 3.11. The number of nitrogen functional groups attached to an aromatic ring is 1. The zero-order valence-corrected chi connectivity index (χ0v) is 9.70. The summed E-state index contributed by atoms with van der Waals surface area (Å²) in [6, 6.07) is 0. The van der Waals surface area contributed by atoms with Crippen LogP contribution in [-0.2, 0) is 0 Å². The maximum Gasteiger partial charge on any atom is 0.254 e. The number of aromatic nitrogens is 2. The molecule has 0 radical (unpaired) electrons. The Balaban J connectivity index is 2.24. The highest BCUT2D eigenvalue weighted by molar-refractivity contribution is 5.96. The molecule has 0 saturated heterocycles. The zero-order chi connectivity index (χ0) is 13.3. The van der Waals surface area contributed by atoms with Crippen LogP contribution in [0.1, 0.15) is 47.8 Å². The Morgan fingerprint density at radius 3 is 2.78 bits per heavy atom. The Hall–Kier alpha value is -1.79. The van der Waals surface area contributed by atoms with Crippen molar-refractivity contribution < 1.29 is 13.6 Å². The molecule has 1 heterocycles. The average molecular weight is 256 g/mol. The summed E-state index contributed by atoms with van der Waals surface area (Å²) < 4.78 is 26.6. The second-order valence-corrected chi connectivity index (χ2v) is 4.54. The summed E-state index contributed by atoms with van der Waals surface area (Å²) >= 11 is 0. The van der Waals surface area contributed by atoms with Crippen LogP contribution in [0.3, 0.4) is 0 Å². The Morgan fingerprint density at radius 1 is 1.50 bits per heavy atom. The van der Waals surface area contributed by atoms with Crippen LogP contribution in [0.15, 0.2) is 6.20 Å². The Morgan fingerprint density at radius 2 is 2.22 bits per heavy atom. The highest BCUT2D eigenvalue weighted by Crippen LogP contribution is 2.40. The summed E-state index contributed by atoms with van der Waals surface area (Å²) in [6.45, 7) is 0. The lowest BCUT2D eigenvalue weighted by molar-refractivity contribution is -0.0417. The fourth-order valence-electron chi connectivity index (χ4n) is 2.19. The zero-order valence-electron chi connectivity index (χ0n) is 9.70. The quantitative estimate of drug-likeness (QED) is 0.837. The first kappa shape index (κ1) is 12.7. The lowest BCUT2D eigenvalue weighted by atomic mass is 9.86. The lowest BCUT2D eigenvalue weighted by Crippen LogP contribution is -2.26. The number of anilines is 1. The molecule has 98 valence electrons. The van der Waals surface area contributed by atoms with Gasteiger partial charge in [-0.3, -0.25) is 4.79 Å². The molecule has 1 unspecified atom stereocenters. The van der Waals surface area contributed by atoms with Gasteiger partial charge in [0.1, 0.15) is 11.6 Å². The van der Waals surface area contributed by atoms with Crippen molar-refractivity contribution in [3.63, 3.8) is 0 Å². The van der Waals surface area contributed by atoms with Crippen molar-refractivity contribution in [2.75, 3.05) is 5.73 Å². The van der Waals surface area contributed by atoms with Gasteiger partial charge >= 0.3 is 0 Å². The van der Waals surface area contributed by atoms with E-state index in [1.807, 2.05) is 0 Å². The Bertz CT molecular complexity index is 478. The van der Waals surface area contributed by atoms with Gasteiger partial charge in [-0.15, -0.1) is 0 Å². The fraction of sp³-hybridized carbons (Fsp3) is 0.545. The number of rotatable bonds is 2. The van der Waals surface area contributed by atoms with E-state index in [-0.39, 0.29) is 30.0 Å². The number of hydrogen-bond acceptors (Lipinski definition) is 4. The largest absolute Gasteiger partial charge is 0.383 e. The van der Waals surface area contributed by atoms with E-state index < -0.39 is 17.7 Å². The summed E-state index contributed by atoms with van der Waals surface area (Å²) in [6.07, 6.45) is 1.86. The molecule has 1 amide bonds. The van der Waals surface area contributed by atoms with Crippen molar-refractivity contribution in [2.24, 2.45) is 5.73 Å². The average Bonchev–Trinajstić information content (AvgIpc) is 2.27. The molecular formula is C11H14F2N4O. The van der Waals surface area contributed by atoms with Crippen LogP contribution in [0.4, 0.5) is 14.6 Å². The van der Waals surface area contributed by atoms with Crippen LogP contribution in [0.5, 0.6) is 0 Å². The molecule has 1 aromatic heterocycles. The van der Waals surface area contributed by atoms with Gasteiger partial charge in [0.25, 0.3) is 5.91 Å². The second-order valence-electron chi connectivity index (χ2n) is 4.54. The summed E-state index contributed by atoms with van der Waals surface area (Å²) in [5.41, 5.74) is 10.6. The minimum absolute atomic E-state index is 0.0151. The third-order valence-electron chi connectivity index (χ3n) is 3.11. The van der Waals surface area contributed by atoms with E-state index in [4.69, 9.17) is 11.5 Å². The first-order valence-electron chi connectivity index (χ1n) is 5.69. The summed E-state index contributed by atoms with van der Waals surface area (Å²) in [7, 11) is 0. The molecule has 1 atom stereocenters. The number of alkyl halides is 2. The highest BCUT2D eigenvalue weighted by atomic mass is 19.3. The smallest absolute Gasteiger partial charge is 0.254 e. The standard InChI is InChI=1S/C11H14F2N4O/c12-11(13)3-1-2-6(4-11)10-16-5-7(9(15)18)8(14)17-10/h5-6H,1-4H2,(H2,15,18)(H2,14,16,17). The maximum absolute atomic E-state index is 13.3. The van der Waals surface area contributed by atoms with Crippen molar-refractivity contribution >= 4 is 11.7 Å². The van der Waals surface area contributed by atoms with Gasteiger partial charge in [-0.1, -0.05) is 0 Å². The van der Waals surface area contributed by atoms with Crippen molar-refractivity contribution in [3.05, 3.63) is 17.6 Å². The molecule has 0 spiro atoms. The summed E-state index contributed by atoms with van der Waals surface area (Å²) in [5, 5.41) is 0.